The van der Waals surface area contributed by atoms with Gasteiger partial charge in [0.2, 0.25) is 0 Å². The molecule has 6 heteroatoms. The molecule has 0 spiro atoms. The van der Waals surface area contributed by atoms with Gasteiger partial charge in [-0.05, 0) is 23.6 Å². The number of methoxy groups -OCH3 is 1. The highest BCUT2D eigenvalue weighted by Crippen LogP contribution is 2.24. The van der Waals surface area contributed by atoms with Crippen molar-refractivity contribution >= 4 is 33.1 Å². The third-order valence-electron chi connectivity index (χ3n) is 3.27. The fraction of sp³-hybridized carbons (Fsp3) is 0.200. The van der Waals surface area contributed by atoms with Crippen LogP contribution in [-0.2, 0) is 6.54 Å². The summed E-state index contributed by atoms with van der Waals surface area (Å²) >= 11 is 1.57. The number of hydrogen-bond acceptors (Lipinski definition) is 6. The molecule has 0 unspecified atom stereocenters. The minimum absolute atomic E-state index is 0.537. The Morgan fingerprint density at radius 3 is 2.95 bits per heavy atom. The van der Waals surface area contributed by atoms with Crippen LogP contribution in [0.15, 0.2) is 35.7 Å². The third kappa shape index (κ3) is 2.75. The van der Waals surface area contributed by atoms with Crippen LogP contribution in [0.5, 0.6) is 5.75 Å². The van der Waals surface area contributed by atoms with Gasteiger partial charge < -0.3 is 15.4 Å². The molecule has 0 radical (unpaired) electrons. The van der Waals surface area contributed by atoms with E-state index in [1.165, 1.54) is 0 Å². The second-order valence-corrected chi connectivity index (χ2v) is 5.62. The summed E-state index contributed by atoms with van der Waals surface area (Å²) < 4.78 is 5.25. The molecular weight excluding hydrogens is 284 g/mol. The molecule has 108 valence electrons. The van der Waals surface area contributed by atoms with Crippen molar-refractivity contribution in [3.05, 3.63) is 41.5 Å². The molecule has 5 nitrogen and oxygen atoms in total. The Hall–Kier alpha value is -2.34. The van der Waals surface area contributed by atoms with Gasteiger partial charge in [0.15, 0.2) is 5.82 Å². The molecule has 0 aliphatic heterocycles. The highest BCUT2D eigenvalue weighted by atomic mass is 32.1. The second-order valence-electron chi connectivity index (χ2n) is 4.72. The van der Waals surface area contributed by atoms with Crippen LogP contribution in [0.25, 0.3) is 10.2 Å². The van der Waals surface area contributed by atoms with E-state index in [0.717, 1.165) is 21.7 Å². The van der Waals surface area contributed by atoms with Crippen molar-refractivity contribution in [1.29, 1.82) is 0 Å². The van der Waals surface area contributed by atoms with Crippen molar-refractivity contribution in [2.75, 3.05) is 24.8 Å². The molecule has 0 atom stereocenters. The molecule has 0 saturated heterocycles. The first-order chi connectivity index (χ1) is 10.2. The number of thiophene rings is 1. The Morgan fingerprint density at radius 2 is 2.14 bits per heavy atom. The molecule has 1 aromatic carbocycles. The molecule has 0 saturated carbocycles. The topological polar surface area (TPSA) is 64.3 Å². The SMILES string of the molecule is COc1cccc(N(C)Cc2nc(N)c3ccsc3n2)c1. The Bertz CT molecular complexity index is 771. The van der Waals surface area contributed by atoms with Crippen LogP contribution in [0, 0.1) is 0 Å². The zero-order valence-electron chi connectivity index (χ0n) is 11.9. The van der Waals surface area contributed by atoms with E-state index < -0.39 is 0 Å². The number of nitrogen functional groups attached to an aromatic ring is 1. The Morgan fingerprint density at radius 1 is 1.29 bits per heavy atom. The van der Waals surface area contributed by atoms with Gasteiger partial charge in [0.05, 0.1) is 19.0 Å². The molecule has 0 bridgehead atoms. The van der Waals surface area contributed by atoms with Crippen molar-refractivity contribution in [3.63, 3.8) is 0 Å². The average Bonchev–Trinajstić information content (AvgIpc) is 2.96. The molecular formula is C15H16N4OS. The van der Waals surface area contributed by atoms with Gasteiger partial charge in [-0.25, -0.2) is 9.97 Å². The first-order valence-corrected chi connectivity index (χ1v) is 7.40. The number of anilines is 2. The van der Waals surface area contributed by atoms with Crippen LogP contribution in [0.3, 0.4) is 0 Å². The van der Waals surface area contributed by atoms with E-state index in [4.69, 9.17) is 10.5 Å². The summed E-state index contributed by atoms with van der Waals surface area (Å²) in [5.74, 6) is 2.08. The van der Waals surface area contributed by atoms with Crippen LogP contribution in [0.2, 0.25) is 0 Å². The number of nitrogens with two attached hydrogens (primary N) is 1. The highest BCUT2D eigenvalue weighted by molar-refractivity contribution is 7.16. The zero-order chi connectivity index (χ0) is 14.8. The second kappa shape index (κ2) is 5.57. The first kappa shape index (κ1) is 13.6. The average molecular weight is 300 g/mol. The molecule has 0 aliphatic carbocycles. The van der Waals surface area contributed by atoms with E-state index in [1.54, 1.807) is 18.4 Å². The maximum absolute atomic E-state index is 5.98. The van der Waals surface area contributed by atoms with Gasteiger partial charge in [-0.15, -0.1) is 11.3 Å². The smallest absolute Gasteiger partial charge is 0.151 e. The Balaban J connectivity index is 1.86. The molecule has 3 aromatic rings. The monoisotopic (exact) mass is 300 g/mol. The van der Waals surface area contributed by atoms with Gasteiger partial charge in [-0.2, -0.15) is 0 Å². The summed E-state index contributed by atoms with van der Waals surface area (Å²) in [4.78, 5) is 11.9. The summed E-state index contributed by atoms with van der Waals surface area (Å²) in [5, 5.41) is 2.90. The van der Waals surface area contributed by atoms with E-state index in [9.17, 15) is 0 Å². The molecule has 2 N–H and O–H groups in total. The number of benzene rings is 1. The predicted molar refractivity (Wildman–Crippen MR) is 86.9 cm³/mol. The van der Waals surface area contributed by atoms with E-state index in [0.29, 0.717) is 18.2 Å². The zero-order valence-corrected chi connectivity index (χ0v) is 12.7. The van der Waals surface area contributed by atoms with E-state index in [2.05, 4.69) is 14.9 Å². The lowest BCUT2D eigenvalue weighted by atomic mass is 10.2. The summed E-state index contributed by atoms with van der Waals surface area (Å²) in [5.41, 5.74) is 7.02. The van der Waals surface area contributed by atoms with E-state index in [-0.39, 0.29) is 0 Å². The fourth-order valence-electron chi connectivity index (χ4n) is 2.15. The van der Waals surface area contributed by atoms with Crippen LogP contribution >= 0.6 is 11.3 Å². The largest absolute Gasteiger partial charge is 0.497 e. The van der Waals surface area contributed by atoms with Crippen molar-refractivity contribution < 1.29 is 4.74 Å². The van der Waals surface area contributed by atoms with Gasteiger partial charge in [0.1, 0.15) is 16.4 Å². The maximum Gasteiger partial charge on any atom is 0.151 e. The third-order valence-corrected chi connectivity index (χ3v) is 4.08. The molecule has 2 heterocycles. The first-order valence-electron chi connectivity index (χ1n) is 6.52. The number of aromatic nitrogens is 2. The number of fused-ring (bicyclic) bond motifs is 1. The molecule has 0 fully saturated rings. The van der Waals surface area contributed by atoms with Gasteiger partial charge >= 0.3 is 0 Å². The number of rotatable bonds is 4. The van der Waals surface area contributed by atoms with Crippen LogP contribution < -0.4 is 15.4 Å². The van der Waals surface area contributed by atoms with Gasteiger partial charge in [0.25, 0.3) is 0 Å². The van der Waals surface area contributed by atoms with E-state index in [1.807, 2.05) is 42.8 Å². The predicted octanol–water partition coefficient (Wildman–Crippen LogP) is 2.92. The van der Waals surface area contributed by atoms with Crippen LogP contribution in [-0.4, -0.2) is 24.1 Å². The quantitative estimate of drug-likeness (QED) is 0.802. The standard InChI is InChI=1S/C15H16N4OS/c1-19(10-4-3-5-11(8-10)20-2)9-13-17-14(16)12-6-7-21-15(12)18-13/h3-8H,9H2,1-2H3,(H2,16,17,18). The normalized spacial score (nSPS) is 10.8. The minimum Gasteiger partial charge on any atom is -0.497 e. The minimum atomic E-state index is 0.537. The molecule has 0 amide bonds. The number of hydrogen-bond donors (Lipinski definition) is 1. The van der Waals surface area contributed by atoms with Crippen molar-refractivity contribution in [2.24, 2.45) is 0 Å². The van der Waals surface area contributed by atoms with Gasteiger partial charge in [-0.3, -0.25) is 0 Å². The summed E-state index contributed by atoms with van der Waals surface area (Å²) in [6.07, 6.45) is 0. The molecule has 2 aromatic heterocycles. The summed E-state index contributed by atoms with van der Waals surface area (Å²) in [6.45, 7) is 0.588. The lowest BCUT2D eigenvalue weighted by Gasteiger charge is -2.19. The lowest BCUT2D eigenvalue weighted by molar-refractivity contribution is 0.415. The fourth-order valence-corrected chi connectivity index (χ4v) is 2.94. The van der Waals surface area contributed by atoms with Crippen molar-refractivity contribution in [3.8, 4) is 5.75 Å². The van der Waals surface area contributed by atoms with Crippen LogP contribution in [0.1, 0.15) is 5.82 Å². The molecule has 0 aliphatic rings. The van der Waals surface area contributed by atoms with Crippen molar-refractivity contribution in [2.45, 2.75) is 6.54 Å². The number of nitrogens with zero attached hydrogens (tertiary/aromatic N) is 3. The molecule has 3 rings (SSSR count). The van der Waals surface area contributed by atoms with Crippen LogP contribution in [0.4, 0.5) is 11.5 Å². The molecule has 21 heavy (non-hydrogen) atoms. The summed E-state index contributed by atoms with van der Waals surface area (Å²) in [7, 11) is 3.65. The number of ether oxygens (including phenoxy) is 1. The Labute approximate surface area is 127 Å². The highest BCUT2D eigenvalue weighted by Gasteiger charge is 2.09. The van der Waals surface area contributed by atoms with E-state index >= 15 is 0 Å². The summed E-state index contributed by atoms with van der Waals surface area (Å²) in [6, 6.07) is 9.83. The van der Waals surface area contributed by atoms with Gasteiger partial charge in [-0.1, -0.05) is 6.07 Å². The lowest BCUT2D eigenvalue weighted by Crippen LogP contribution is -2.18. The maximum atomic E-state index is 5.98. The van der Waals surface area contributed by atoms with Gasteiger partial charge in [0, 0.05) is 18.8 Å². The van der Waals surface area contributed by atoms with Crippen molar-refractivity contribution in [1.82, 2.24) is 9.97 Å². The Kier molecular flexibility index (Phi) is 3.62.